The van der Waals surface area contributed by atoms with E-state index in [0.717, 1.165) is 31.5 Å². The molecule has 2 rings (SSSR count). The molecule has 0 aliphatic rings. The lowest BCUT2D eigenvalue weighted by Crippen LogP contribution is -2.35. The van der Waals surface area contributed by atoms with E-state index in [9.17, 15) is 4.79 Å². The van der Waals surface area contributed by atoms with E-state index in [1.807, 2.05) is 41.5 Å². The lowest BCUT2D eigenvalue weighted by atomic mass is 10.2. The van der Waals surface area contributed by atoms with E-state index in [0.29, 0.717) is 18.1 Å². The van der Waals surface area contributed by atoms with Crippen LogP contribution in [0.15, 0.2) is 54.2 Å². The van der Waals surface area contributed by atoms with Crippen LogP contribution in [0.25, 0.3) is 0 Å². The molecule has 0 unspecified atom stereocenters. The summed E-state index contributed by atoms with van der Waals surface area (Å²) in [4.78, 5) is 11.0. The lowest BCUT2D eigenvalue weighted by molar-refractivity contribution is -0.708. The first-order valence-electron chi connectivity index (χ1n) is 8.96. The summed E-state index contributed by atoms with van der Waals surface area (Å²) in [5, 5.41) is 11.4. The Morgan fingerprint density at radius 1 is 0.938 bits per heavy atom. The Labute approximate surface area is 187 Å². The van der Waals surface area contributed by atoms with Crippen molar-refractivity contribution < 1.29 is 45.1 Å². The Kier molecular flexibility index (Phi) is 12.9. The van der Waals surface area contributed by atoms with Gasteiger partial charge in [0.05, 0.1) is 32.0 Å². The van der Waals surface area contributed by atoms with E-state index >= 15 is 0 Å². The molecule has 14 heteroatoms. The van der Waals surface area contributed by atoms with Crippen LogP contribution < -0.4 is 14.9 Å². The van der Waals surface area contributed by atoms with Crippen molar-refractivity contribution in [1.82, 2.24) is 0 Å². The molecule has 0 saturated heterocycles. The molecule has 0 aromatic carbocycles. The molecule has 0 atom stereocenters. The monoisotopic (exact) mass is 490 g/mol. The van der Waals surface area contributed by atoms with E-state index in [2.05, 4.69) is 9.72 Å². The number of unbranched alkanes of at least 4 members (excludes halogenated alkanes) is 1. The minimum atomic E-state index is -3.92. The van der Waals surface area contributed by atoms with Crippen molar-refractivity contribution in [2.45, 2.75) is 25.9 Å². The molecule has 3 N–H and O–H groups in total. The number of primary amides is 1. The first-order valence-corrected chi connectivity index (χ1v) is 12.6. The predicted octanol–water partition coefficient (Wildman–Crippen LogP) is -1.03. The maximum atomic E-state index is 11.0. The third kappa shape index (κ3) is 19.0. The summed E-state index contributed by atoms with van der Waals surface area (Å²) in [5.74, 6) is -0.404. The molecule has 32 heavy (non-hydrogen) atoms. The zero-order valence-corrected chi connectivity index (χ0v) is 19.2. The van der Waals surface area contributed by atoms with Crippen molar-refractivity contribution >= 4 is 32.4 Å². The number of nitrogens with zero attached hydrogens (tertiary/aromatic N) is 3. The van der Waals surface area contributed by atoms with Crippen LogP contribution in [0, 0.1) is 0 Å². The highest BCUT2D eigenvalue weighted by atomic mass is 32.2. The molecule has 0 aliphatic carbocycles. The average Bonchev–Trinajstić information content (AvgIpc) is 2.64. The van der Waals surface area contributed by atoms with Crippen LogP contribution in [-0.2, 0) is 33.3 Å². The highest BCUT2D eigenvalue weighted by Gasteiger charge is 2.06. The molecule has 0 fully saturated rings. The number of aromatic nitrogens is 2. The largest absolute Gasteiger partial charge is 0.748 e. The quantitative estimate of drug-likeness (QED) is 0.123. The van der Waals surface area contributed by atoms with E-state index in [1.165, 1.54) is 6.21 Å². The van der Waals surface area contributed by atoms with Gasteiger partial charge in [0.15, 0.2) is 24.8 Å². The van der Waals surface area contributed by atoms with Crippen LogP contribution in [0.5, 0.6) is 0 Å². The summed E-state index contributed by atoms with van der Waals surface area (Å²) in [6.07, 6.45) is 12.4. The summed E-state index contributed by atoms with van der Waals surface area (Å²) in [5.41, 5.74) is 6.60. The number of amides is 1. The first kappa shape index (κ1) is 29.1. The third-order valence-electron chi connectivity index (χ3n) is 3.38. The molecule has 0 spiro atoms. The van der Waals surface area contributed by atoms with Crippen LogP contribution in [0.4, 0.5) is 0 Å². The highest BCUT2D eigenvalue weighted by Crippen LogP contribution is 1.95. The van der Waals surface area contributed by atoms with Crippen LogP contribution >= 0.6 is 0 Å². The van der Waals surface area contributed by atoms with Gasteiger partial charge >= 0.3 is 0 Å². The molecule has 0 aliphatic heterocycles. The topological polar surface area (TPSA) is 198 Å². The zero-order chi connectivity index (χ0) is 24.8. The Bertz CT molecular complexity index is 1020. The summed E-state index contributed by atoms with van der Waals surface area (Å²) >= 11 is 0. The molecule has 2 aromatic heterocycles. The summed E-state index contributed by atoms with van der Waals surface area (Å²) in [6, 6.07) is 7.27. The van der Waals surface area contributed by atoms with Gasteiger partial charge in [-0.2, -0.15) is 0 Å². The zero-order valence-electron chi connectivity index (χ0n) is 17.6. The number of aryl methyl sites for hydroxylation is 2. The molecule has 2 aromatic rings. The molecule has 178 valence electrons. The molecule has 0 saturated carbocycles. The molecule has 0 radical (unpaired) electrons. The Balaban J connectivity index is 0.000000805. The second-order valence-corrected chi connectivity index (χ2v) is 9.23. The molecular weight excluding hydrogens is 464 g/mol. The van der Waals surface area contributed by atoms with Gasteiger partial charge in [0.1, 0.15) is 13.1 Å². The van der Waals surface area contributed by atoms with Gasteiger partial charge in [-0.1, -0.05) is 5.16 Å². The molecule has 12 nitrogen and oxygen atoms in total. The average molecular weight is 491 g/mol. The van der Waals surface area contributed by atoms with Crippen LogP contribution in [0.3, 0.4) is 0 Å². The number of carbonyl (C=O) groups is 1. The first-order chi connectivity index (χ1) is 14.7. The second kappa shape index (κ2) is 14.2. The lowest BCUT2D eigenvalue weighted by Gasteiger charge is -1.98. The Morgan fingerprint density at radius 2 is 1.28 bits per heavy atom. The third-order valence-corrected chi connectivity index (χ3v) is 3.38. The molecule has 1 amide bonds. The summed E-state index contributed by atoms with van der Waals surface area (Å²) < 4.78 is 58.6. The smallest absolute Gasteiger partial charge is 0.249 e. The van der Waals surface area contributed by atoms with Crippen molar-refractivity contribution in [2.75, 3.05) is 12.5 Å². The second-order valence-electron chi connectivity index (χ2n) is 6.42. The Morgan fingerprint density at radius 3 is 1.59 bits per heavy atom. The standard InChI is InChI=1S/C16H18N4O2.2CH4O3S/c17-16(21)15-5-11-20(12-6-15)8-2-1-7-19-9-3-14(4-10-19)13-18-22;2*1-5(2,3)4/h3-6,9-13H,1-2,7-8H2,(H-,17,21);2*1H3,(H,2,3,4). The van der Waals surface area contributed by atoms with Crippen LogP contribution in [0.1, 0.15) is 28.8 Å². The van der Waals surface area contributed by atoms with E-state index in [-0.39, 0.29) is 0 Å². The maximum absolute atomic E-state index is 11.0. The fourth-order valence-electron chi connectivity index (χ4n) is 2.13. The SMILES string of the molecule is CS(=O)(=O)[O-].CS(=O)(=O)[O-].NC(=O)c1cc[n+](CCCC[n+]2ccc(C=NO)cc2)cc1. The number of hydrogen-bond donors (Lipinski definition) is 2. The number of hydrogen-bond acceptors (Lipinski definition) is 9. The number of carbonyl (C=O) groups excluding carboxylic acids is 1. The van der Waals surface area contributed by atoms with E-state index in [1.54, 1.807) is 12.1 Å². The van der Waals surface area contributed by atoms with Gasteiger partial charge in [-0.3, -0.25) is 4.79 Å². The van der Waals surface area contributed by atoms with Crippen molar-refractivity contribution in [3.8, 4) is 0 Å². The number of rotatable bonds is 7. The van der Waals surface area contributed by atoms with E-state index in [4.69, 9.17) is 36.9 Å². The fraction of sp³-hybridized carbons (Fsp3) is 0.333. The van der Waals surface area contributed by atoms with Gasteiger partial charge < -0.3 is 20.0 Å². The Hall–Kier alpha value is -2.94. The molecule has 0 bridgehead atoms. The van der Waals surface area contributed by atoms with Crippen molar-refractivity contribution in [3.63, 3.8) is 0 Å². The van der Waals surface area contributed by atoms with Crippen molar-refractivity contribution in [3.05, 3.63) is 60.2 Å². The van der Waals surface area contributed by atoms with E-state index < -0.39 is 26.1 Å². The maximum Gasteiger partial charge on any atom is 0.249 e. The number of oxime groups is 1. The minimum absolute atomic E-state index is 0.404. The fourth-order valence-corrected chi connectivity index (χ4v) is 2.13. The van der Waals surface area contributed by atoms with Gasteiger partial charge in [0.2, 0.25) is 5.91 Å². The highest BCUT2D eigenvalue weighted by molar-refractivity contribution is 7.85. The van der Waals surface area contributed by atoms with Gasteiger partial charge in [0.25, 0.3) is 0 Å². The van der Waals surface area contributed by atoms with Gasteiger partial charge in [-0.25, -0.2) is 26.0 Å². The van der Waals surface area contributed by atoms with Gasteiger partial charge in [0, 0.05) is 55.2 Å². The summed E-state index contributed by atoms with van der Waals surface area (Å²) in [7, 11) is -7.83. The van der Waals surface area contributed by atoms with Crippen molar-refractivity contribution in [1.29, 1.82) is 0 Å². The van der Waals surface area contributed by atoms with Crippen molar-refractivity contribution in [2.24, 2.45) is 10.9 Å². The normalized spacial score (nSPS) is 11.1. The minimum Gasteiger partial charge on any atom is -0.748 e. The van der Waals surface area contributed by atoms with Crippen LogP contribution in [-0.4, -0.2) is 55.8 Å². The predicted molar refractivity (Wildman–Crippen MR) is 112 cm³/mol. The molecular formula is C18H26N4O8S2. The van der Waals surface area contributed by atoms with Gasteiger partial charge in [-0.05, 0) is 0 Å². The van der Waals surface area contributed by atoms with Gasteiger partial charge in [-0.15, -0.1) is 0 Å². The number of pyridine rings is 2. The number of nitrogens with two attached hydrogens (primary N) is 1. The molecule has 2 heterocycles. The van der Waals surface area contributed by atoms with Crippen LogP contribution in [0.2, 0.25) is 0 Å². The summed E-state index contributed by atoms with van der Waals surface area (Å²) in [6.45, 7) is 1.82.